The van der Waals surface area contributed by atoms with Crippen LogP contribution in [0.1, 0.15) is 63.9 Å². The highest BCUT2D eigenvalue weighted by molar-refractivity contribution is 7.90. The Morgan fingerprint density at radius 2 is 1.59 bits per heavy atom. The van der Waals surface area contributed by atoms with Crippen molar-refractivity contribution < 1.29 is 60.3 Å². The Morgan fingerprint density at radius 1 is 0.949 bits per heavy atom. The van der Waals surface area contributed by atoms with E-state index in [0.717, 1.165) is 17.0 Å². The number of amides is 3. The fourth-order valence-corrected chi connectivity index (χ4v) is 6.29. The number of carbonyl (C=O) groups is 4. The molecular formula is C36H36F4N8O10S. The van der Waals surface area contributed by atoms with Crippen molar-refractivity contribution in [3.05, 3.63) is 102 Å². The summed E-state index contributed by atoms with van der Waals surface area (Å²) in [6.45, 7) is 0.143. The number of azide groups is 1. The first-order valence-corrected chi connectivity index (χ1v) is 18.9. The van der Waals surface area contributed by atoms with Crippen LogP contribution < -0.4 is 10.0 Å². The maximum absolute atomic E-state index is 14.3. The minimum absolute atomic E-state index is 0.0210. The van der Waals surface area contributed by atoms with Crippen molar-refractivity contribution in [1.29, 1.82) is 0 Å². The van der Waals surface area contributed by atoms with E-state index < -0.39 is 96.5 Å². The van der Waals surface area contributed by atoms with E-state index in [1.165, 1.54) is 21.8 Å². The quantitative estimate of drug-likeness (QED) is 0.00994. The van der Waals surface area contributed by atoms with Crippen molar-refractivity contribution in [2.45, 2.75) is 38.6 Å². The number of halogens is 4. The van der Waals surface area contributed by atoms with Crippen LogP contribution in [0.4, 0.5) is 28.9 Å². The topological polar surface area (TPSA) is 265 Å². The first kappa shape index (κ1) is 46.6. The van der Waals surface area contributed by atoms with E-state index in [1.54, 1.807) is 19.2 Å². The van der Waals surface area contributed by atoms with Gasteiger partial charge in [0.25, 0.3) is 5.91 Å². The molecule has 0 heterocycles. The number of unbranched alkanes of at least 4 members (excludes halogenated alkanes) is 1. The van der Waals surface area contributed by atoms with Crippen LogP contribution in [0.3, 0.4) is 0 Å². The van der Waals surface area contributed by atoms with Crippen LogP contribution in [0.5, 0.6) is 11.5 Å². The zero-order valence-electron chi connectivity index (χ0n) is 31.1. The standard InChI is InChI=1S/C36H36F4N8O10S/c1-3-4-15-47(16-17-59(57,58)44-36(54)28-29(37)31(39)33(43-45-41)32(40)30(28)38)27(51)12-14-42-13-6-5-7-26(50)46(2)20-21-8-10-22(11-9-21)34(52)23-18-24(48(55)56)35(53)25(49)19-23/h1,8-11,18-19,42,49,53H,4-7,12-17,20H2,2H3,(H,44,54). The molecular weight excluding hydrogens is 813 g/mol. The zero-order valence-corrected chi connectivity index (χ0v) is 31.9. The maximum Gasteiger partial charge on any atom is 0.315 e. The van der Waals surface area contributed by atoms with E-state index in [0.29, 0.717) is 24.9 Å². The van der Waals surface area contributed by atoms with E-state index in [1.807, 2.05) is 4.91 Å². The van der Waals surface area contributed by atoms with Crippen LogP contribution in [0.25, 0.3) is 10.4 Å². The Hall–Kier alpha value is -6.76. The van der Waals surface area contributed by atoms with Gasteiger partial charge in [0.15, 0.2) is 34.8 Å². The lowest BCUT2D eigenvalue weighted by Crippen LogP contribution is -2.41. The Labute approximate surface area is 333 Å². The summed E-state index contributed by atoms with van der Waals surface area (Å²) in [4.78, 5) is 65.5. The second kappa shape index (κ2) is 21.1. The van der Waals surface area contributed by atoms with Gasteiger partial charge in [-0.3, -0.25) is 29.3 Å². The molecule has 3 rings (SSSR count). The fraction of sp³-hybridized carbons (Fsp3) is 0.333. The highest BCUT2D eigenvalue weighted by Crippen LogP contribution is 2.36. The third-order valence-corrected chi connectivity index (χ3v) is 9.69. The van der Waals surface area contributed by atoms with Crippen LogP contribution in [-0.2, 0) is 26.2 Å². The Kier molecular flexibility index (Phi) is 16.7. The molecule has 3 aromatic carbocycles. The highest BCUT2D eigenvalue weighted by Gasteiger charge is 2.31. The van der Waals surface area contributed by atoms with Gasteiger partial charge in [-0.1, -0.05) is 29.4 Å². The number of sulfonamides is 1. The predicted molar refractivity (Wildman–Crippen MR) is 200 cm³/mol. The van der Waals surface area contributed by atoms with Gasteiger partial charge in [-0.2, -0.15) is 0 Å². The molecule has 0 unspecified atom stereocenters. The molecule has 0 spiro atoms. The van der Waals surface area contributed by atoms with E-state index in [9.17, 15) is 65.5 Å². The molecule has 3 aromatic rings. The van der Waals surface area contributed by atoms with Gasteiger partial charge in [0, 0.05) is 74.6 Å². The fourth-order valence-electron chi connectivity index (χ4n) is 5.35. The summed E-state index contributed by atoms with van der Waals surface area (Å²) < 4.78 is 83.2. The molecule has 0 bridgehead atoms. The molecule has 3 amide bonds. The number of aromatic hydroxyl groups is 2. The molecule has 4 N–H and O–H groups in total. The Morgan fingerprint density at radius 3 is 2.19 bits per heavy atom. The number of ketones is 1. The lowest BCUT2D eigenvalue weighted by molar-refractivity contribution is -0.386. The first-order chi connectivity index (χ1) is 27.8. The molecule has 0 radical (unpaired) electrons. The van der Waals surface area contributed by atoms with Gasteiger partial charge < -0.3 is 25.3 Å². The second-order valence-electron chi connectivity index (χ2n) is 12.6. The lowest BCUT2D eigenvalue weighted by atomic mass is 10.0. The summed E-state index contributed by atoms with van der Waals surface area (Å²) in [6.07, 6.45) is 6.38. The molecule has 0 aliphatic heterocycles. The number of hydrogen-bond donors (Lipinski definition) is 4. The molecule has 0 saturated heterocycles. The van der Waals surface area contributed by atoms with Gasteiger partial charge in [-0.05, 0) is 36.5 Å². The number of phenols is 2. The van der Waals surface area contributed by atoms with E-state index in [4.69, 9.17) is 12.0 Å². The summed E-state index contributed by atoms with van der Waals surface area (Å²) in [7, 11) is -3.16. The lowest BCUT2D eigenvalue weighted by Gasteiger charge is -2.22. The smallest absolute Gasteiger partial charge is 0.315 e. The summed E-state index contributed by atoms with van der Waals surface area (Å²) >= 11 is 0. The van der Waals surface area contributed by atoms with Crippen LogP contribution in [0.15, 0.2) is 41.5 Å². The number of carbonyl (C=O) groups excluding carboxylic acids is 4. The third-order valence-electron chi connectivity index (χ3n) is 8.47. The summed E-state index contributed by atoms with van der Waals surface area (Å²) in [5.41, 5.74) is 4.51. The number of nitro groups is 1. The number of rotatable bonds is 21. The average Bonchev–Trinajstić information content (AvgIpc) is 3.18. The van der Waals surface area contributed by atoms with Gasteiger partial charge >= 0.3 is 5.69 Å². The molecule has 0 saturated carbocycles. The van der Waals surface area contributed by atoms with Gasteiger partial charge in [-0.15, -0.1) is 12.3 Å². The number of benzene rings is 3. The highest BCUT2D eigenvalue weighted by atomic mass is 32.2. The van der Waals surface area contributed by atoms with E-state index >= 15 is 0 Å². The van der Waals surface area contributed by atoms with Crippen molar-refractivity contribution in [3.8, 4) is 23.8 Å². The Bertz CT molecular complexity index is 2290. The number of nitrogens with zero attached hydrogens (tertiary/aromatic N) is 6. The largest absolute Gasteiger partial charge is 0.504 e. The van der Waals surface area contributed by atoms with Gasteiger partial charge in [0.2, 0.25) is 27.6 Å². The molecule has 59 heavy (non-hydrogen) atoms. The predicted octanol–water partition coefficient (Wildman–Crippen LogP) is 4.46. The first-order valence-electron chi connectivity index (χ1n) is 17.3. The van der Waals surface area contributed by atoms with E-state index in [2.05, 4.69) is 16.4 Å². The molecule has 0 aliphatic carbocycles. The summed E-state index contributed by atoms with van der Waals surface area (Å²) in [5, 5.41) is 36.1. The number of hydrogen-bond acceptors (Lipinski definition) is 12. The zero-order chi connectivity index (χ0) is 44.0. The molecule has 23 heteroatoms. The summed E-state index contributed by atoms with van der Waals surface area (Å²) in [6, 6.07) is 7.87. The van der Waals surface area contributed by atoms with Crippen molar-refractivity contribution in [2.24, 2.45) is 5.11 Å². The normalized spacial score (nSPS) is 10.9. The molecule has 18 nitrogen and oxygen atoms in total. The Balaban J connectivity index is 1.42. The van der Waals surface area contributed by atoms with Gasteiger partial charge in [-0.25, -0.2) is 30.7 Å². The van der Waals surface area contributed by atoms with E-state index in [-0.39, 0.29) is 55.9 Å². The maximum atomic E-state index is 14.3. The van der Waals surface area contributed by atoms with Crippen molar-refractivity contribution >= 4 is 44.9 Å². The second-order valence-corrected chi connectivity index (χ2v) is 14.4. The molecule has 0 aliphatic rings. The van der Waals surface area contributed by atoms with Crippen LogP contribution in [0, 0.1) is 45.7 Å². The van der Waals surface area contributed by atoms with Crippen LogP contribution in [0.2, 0.25) is 0 Å². The van der Waals surface area contributed by atoms with Crippen LogP contribution >= 0.6 is 0 Å². The number of phenolic OH excluding ortho intramolecular Hbond substituents is 2. The molecule has 0 atom stereocenters. The average molecular weight is 849 g/mol. The monoisotopic (exact) mass is 848 g/mol. The summed E-state index contributed by atoms with van der Waals surface area (Å²) in [5.74, 6) is -12.9. The SMILES string of the molecule is C#CCCN(CCS(=O)(=O)NC(=O)c1c(F)c(F)c(N=[N+]=[N-])c(F)c1F)C(=O)CCNCCCCC(=O)N(C)Cc1ccc(C(=O)c2cc(O)c(O)c([N+](=O)[O-])c2)cc1. The van der Waals surface area contributed by atoms with Gasteiger partial charge in [0.1, 0.15) is 11.3 Å². The van der Waals surface area contributed by atoms with Crippen LogP contribution in [-0.4, -0.2) is 95.8 Å². The number of nitro benzene ring substituents is 1. The number of terminal acetylenes is 1. The minimum Gasteiger partial charge on any atom is -0.504 e. The van der Waals surface area contributed by atoms with Crippen molar-refractivity contribution in [2.75, 3.05) is 39.0 Å². The number of nitrogens with one attached hydrogen (secondary N) is 2. The minimum atomic E-state index is -4.74. The van der Waals surface area contributed by atoms with Crippen molar-refractivity contribution in [3.63, 3.8) is 0 Å². The molecule has 0 fully saturated rings. The molecule has 0 aromatic heterocycles. The van der Waals surface area contributed by atoms with Crippen molar-refractivity contribution in [1.82, 2.24) is 19.8 Å². The van der Waals surface area contributed by atoms with Gasteiger partial charge in [0.05, 0.1) is 10.7 Å². The third kappa shape index (κ3) is 12.6. The molecule has 314 valence electrons.